The molecule has 4 unspecified atom stereocenters. The fraction of sp³-hybridized carbons (Fsp3) is 0.444. The number of aliphatic imine (C=N–C) groups is 1. The first-order chi connectivity index (χ1) is 16.5. The summed E-state index contributed by atoms with van der Waals surface area (Å²) >= 11 is 0. The number of aliphatic hydroxyl groups is 1. The molecule has 1 spiro atoms. The van der Waals surface area contributed by atoms with Crippen LogP contribution in [0.5, 0.6) is 11.5 Å². The number of H-pyrrole nitrogens is 1. The van der Waals surface area contributed by atoms with Gasteiger partial charge in [-0.1, -0.05) is 6.07 Å². The van der Waals surface area contributed by atoms with Gasteiger partial charge in [-0.15, -0.1) is 24.8 Å². The van der Waals surface area contributed by atoms with Gasteiger partial charge in [0.15, 0.2) is 17.6 Å². The Labute approximate surface area is 221 Å². The lowest BCUT2D eigenvalue weighted by atomic mass is 9.49. The minimum absolute atomic E-state index is 0. The van der Waals surface area contributed by atoms with Crippen molar-refractivity contribution in [3.63, 3.8) is 0 Å². The normalized spacial score (nSPS) is 31.4. The average Bonchev–Trinajstić information content (AvgIpc) is 3.46. The monoisotopic (exact) mass is 528 g/mol. The summed E-state index contributed by atoms with van der Waals surface area (Å²) in [7, 11) is 0. The summed E-state index contributed by atoms with van der Waals surface area (Å²) < 4.78 is 6.63. The summed E-state index contributed by atoms with van der Waals surface area (Å²) in [6, 6.07) is 9.85. The van der Waals surface area contributed by atoms with E-state index >= 15 is 0 Å². The summed E-state index contributed by atoms with van der Waals surface area (Å²) in [5, 5.41) is 24.7. The van der Waals surface area contributed by atoms with Gasteiger partial charge in [0.25, 0.3) is 0 Å². The molecular weight excluding hydrogens is 499 g/mol. The molecule has 36 heavy (non-hydrogen) atoms. The number of nitrogens with two attached hydrogens (primary N) is 1. The van der Waals surface area contributed by atoms with E-state index in [1.54, 1.807) is 6.07 Å². The second kappa shape index (κ2) is 7.78. The lowest BCUT2D eigenvalue weighted by Crippen LogP contribution is -2.74. The number of halogens is 2. The number of likely N-dealkylation sites (tertiary alicyclic amines) is 1. The molecule has 5 N–H and O–H groups in total. The highest BCUT2D eigenvalue weighted by atomic mass is 35.5. The highest BCUT2D eigenvalue weighted by molar-refractivity contribution is 5.89. The molecule has 2 aromatic carbocycles. The van der Waals surface area contributed by atoms with Gasteiger partial charge in [-0.25, -0.2) is 4.99 Å². The Morgan fingerprint density at radius 2 is 2.06 bits per heavy atom. The molecule has 3 aromatic rings. The molecule has 0 amide bonds. The standard InChI is InChI=1S/C27H28N4O3.2ClH/c28-13-29-16-4-5-19-17(10-16)18-11-27(33)21-9-15-3-6-20(32)24-22(15)26(27,25(34-24)23(18)30-19)7-8-31(21)12-14-1-2-14;;/h3-6,10,13-14,21,25,30,32-33H,1-2,7-9,11-12H2,(H2,28,29);2*1H. The topological polar surface area (TPSA) is 107 Å². The molecule has 1 saturated heterocycles. The number of aromatic hydroxyl groups is 1. The second-order valence-corrected chi connectivity index (χ2v) is 11.0. The van der Waals surface area contributed by atoms with Crippen molar-refractivity contribution in [2.24, 2.45) is 16.6 Å². The maximum absolute atomic E-state index is 12.8. The van der Waals surface area contributed by atoms with Crippen LogP contribution in [0.15, 0.2) is 35.3 Å². The Hall–Kier alpha value is -2.45. The Morgan fingerprint density at radius 3 is 2.83 bits per heavy atom. The number of fused-ring (bicyclic) bond motifs is 4. The van der Waals surface area contributed by atoms with E-state index in [-0.39, 0.29) is 42.7 Å². The first kappa shape index (κ1) is 23.9. The Kier molecular flexibility index (Phi) is 5.17. The number of aromatic nitrogens is 1. The smallest absolute Gasteiger partial charge is 0.166 e. The molecule has 4 atom stereocenters. The number of aromatic amines is 1. The molecule has 2 bridgehead atoms. The van der Waals surface area contributed by atoms with Crippen LogP contribution in [-0.4, -0.2) is 51.2 Å². The molecule has 1 saturated carbocycles. The van der Waals surface area contributed by atoms with Crippen molar-refractivity contribution in [3.05, 3.63) is 52.7 Å². The number of phenolic OH excluding ortho intramolecular Hbond substituents is 1. The number of hydrogen-bond acceptors (Lipinski definition) is 5. The van der Waals surface area contributed by atoms with Crippen LogP contribution in [0, 0.1) is 5.92 Å². The maximum Gasteiger partial charge on any atom is 0.166 e. The first-order valence-corrected chi connectivity index (χ1v) is 12.4. The molecule has 1 aromatic heterocycles. The maximum atomic E-state index is 12.8. The number of ether oxygens (including phenoxy) is 1. The lowest BCUT2D eigenvalue weighted by molar-refractivity contribution is -0.173. The average molecular weight is 529 g/mol. The number of hydrogen-bond donors (Lipinski definition) is 4. The van der Waals surface area contributed by atoms with Crippen LogP contribution in [-0.2, 0) is 18.3 Å². The van der Waals surface area contributed by atoms with Crippen LogP contribution in [0.1, 0.15) is 47.8 Å². The van der Waals surface area contributed by atoms with E-state index in [1.807, 2.05) is 24.3 Å². The summed E-state index contributed by atoms with van der Waals surface area (Å²) in [6.45, 7) is 2.01. The molecule has 3 heterocycles. The molecule has 9 heteroatoms. The summed E-state index contributed by atoms with van der Waals surface area (Å²) in [5.41, 5.74) is 10.2. The quantitative estimate of drug-likeness (QED) is 0.303. The van der Waals surface area contributed by atoms with Crippen LogP contribution >= 0.6 is 24.8 Å². The number of nitrogens with one attached hydrogen (secondary N) is 1. The summed E-state index contributed by atoms with van der Waals surface area (Å²) in [5.74, 6) is 1.49. The van der Waals surface area contributed by atoms with E-state index in [4.69, 9.17) is 10.5 Å². The van der Waals surface area contributed by atoms with Gasteiger partial charge in [-0.3, -0.25) is 4.90 Å². The van der Waals surface area contributed by atoms with E-state index in [2.05, 4.69) is 14.9 Å². The molecule has 190 valence electrons. The summed E-state index contributed by atoms with van der Waals surface area (Å²) in [4.78, 5) is 10.5. The minimum atomic E-state index is -0.980. The molecule has 2 aliphatic heterocycles. The predicted molar refractivity (Wildman–Crippen MR) is 143 cm³/mol. The zero-order chi connectivity index (χ0) is 22.8. The fourth-order valence-electron chi connectivity index (χ4n) is 7.78. The van der Waals surface area contributed by atoms with E-state index in [1.165, 1.54) is 24.7 Å². The van der Waals surface area contributed by atoms with Crippen molar-refractivity contribution in [2.75, 3.05) is 13.1 Å². The SMILES string of the molecule is Cl.Cl.NC=Nc1ccc2[nH]c3c(c2c1)CC1(O)C2Cc4ccc(O)c5c4C1(CCN2CC1CC1)C3O5. The third-order valence-electron chi connectivity index (χ3n) is 9.37. The third-order valence-corrected chi connectivity index (χ3v) is 9.37. The van der Waals surface area contributed by atoms with Crippen molar-refractivity contribution in [1.82, 2.24) is 9.88 Å². The van der Waals surface area contributed by atoms with Gasteiger partial charge in [0.2, 0.25) is 0 Å². The van der Waals surface area contributed by atoms with Gasteiger partial charge in [-0.05, 0) is 73.5 Å². The van der Waals surface area contributed by atoms with Gasteiger partial charge in [0.05, 0.1) is 28.7 Å². The first-order valence-electron chi connectivity index (χ1n) is 12.4. The van der Waals surface area contributed by atoms with Gasteiger partial charge >= 0.3 is 0 Å². The van der Waals surface area contributed by atoms with Gasteiger partial charge in [0, 0.05) is 35.5 Å². The van der Waals surface area contributed by atoms with E-state index in [0.29, 0.717) is 12.2 Å². The molecule has 7 nitrogen and oxygen atoms in total. The largest absolute Gasteiger partial charge is 0.504 e. The molecule has 0 radical (unpaired) electrons. The number of nitrogens with zero attached hydrogens (tertiary/aromatic N) is 2. The van der Waals surface area contributed by atoms with Gasteiger partial charge < -0.3 is 25.7 Å². The summed E-state index contributed by atoms with van der Waals surface area (Å²) in [6.07, 6.45) is 5.70. The van der Waals surface area contributed by atoms with Crippen LogP contribution in [0.4, 0.5) is 5.69 Å². The van der Waals surface area contributed by atoms with E-state index in [9.17, 15) is 10.2 Å². The van der Waals surface area contributed by atoms with Crippen LogP contribution in [0.25, 0.3) is 10.9 Å². The molecule has 2 fully saturated rings. The molecule has 5 aliphatic rings. The zero-order valence-electron chi connectivity index (χ0n) is 19.7. The van der Waals surface area contributed by atoms with Crippen molar-refractivity contribution in [1.29, 1.82) is 0 Å². The second-order valence-electron chi connectivity index (χ2n) is 11.0. The predicted octanol–water partition coefficient (Wildman–Crippen LogP) is 4.03. The van der Waals surface area contributed by atoms with Crippen LogP contribution in [0.3, 0.4) is 0 Å². The molecular formula is C27H30Cl2N4O3. The van der Waals surface area contributed by atoms with Crippen molar-refractivity contribution < 1.29 is 14.9 Å². The molecule has 8 rings (SSSR count). The van der Waals surface area contributed by atoms with E-state index in [0.717, 1.165) is 65.3 Å². The van der Waals surface area contributed by atoms with Crippen molar-refractivity contribution in [2.45, 2.75) is 55.3 Å². The van der Waals surface area contributed by atoms with Crippen molar-refractivity contribution in [3.8, 4) is 11.5 Å². The van der Waals surface area contributed by atoms with Crippen molar-refractivity contribution >= 4 is 47.7 Å². The zero-order valence-corrected chi connectivity index (χ0v) is 21.4. The number of benzene rings is 2. The Bertz CT molecular complexity index is 1420. The Balaban J connectivity index is 0.00000120. The number of piperidine rings is 1. The highest BCUT2D eigenvalue weighted by Gasteiger charge is 2.72. The van der Waals surface area contributed by atoms with Crippen LogP contribution in [0.2, 0.25) is 0 Å². The lowest BCUT2D eigenvalue weighted by Gasteiger charge is -2.62. The van der Waals surface area contributed by atoms with Gasteiger partial charge in [0.1, 0.15) is 0 Å². The van der Waals surface area contributed by atoms with Gasteiger partial charge in [-0.2, -0.15) is 0 Å². The number of phenols is 1. The van der Waals surface area contributed by atoms with Crippen LogP contribution < -0.4 is 10.5 Å². The minimum Gasteiger partial charge on any atom is -0.504 e. The fourth-order valence-corrected chi connectivity index (χ4v) is 7.78. The third kappa shape index (κ3) is 2.75. The highest BCUT2D eigenvalue weighted by Crippen LogP contribution is 2.69. The number of rotatable bonds is 3. The Morgan fingerprint density at radius 1 is 1.22 bits per heavy atom. The molecule has 3 aliphatic carbocycles. The van der Waals surface area contributed by atoms with E-state index < -0.39 is 11.0 Å².